The van der Waals surface area contributed by atoms with Gasteiger partial charge in [-0.2, -0.15) is 0 Å². The number of carbonyl (C=O) groups excluding carboxylic acids is 1. The van der Waals surface area contributed by atoms with Crippen molar-refractivity contribution in [2.45, 2.75) is 47.5 Å². The zero-order valence-electron chi connectivity index (χ0n) is 12.3. The summed E-state index contributed by atoms with van der Waals surface area (Å²) in [6.45, 7) is 9.64. The van der Waals surface area contributed by atoms with Gasteiger partial charge in [0.2, 0.25) is 0 Å². The van der Waals surface area contributed by atoms with Crippen LogP contribution in [0.4, 0.5) is 0 Å². The van der Waals surface area contributed by atoms with Crippen LogP contribution in [0.2, 0.25) is 0 Å². The summed E-state index contributed by atoms with van der Waals surface area (Å²) in [4.78, 5) is 12.2. The van der Waals surface area contributed by atoms with Crippen molar-refractivity contribution in [2.75, 3.05) is 19.8 Å². The van der Waals surface area contributed by atoms with Crippen LogP contribution < -0.4 is 0 Å². The second-order valence-electron chi connectivity index (χ2n) is 6.02. The first-order valence-corrected chi connectivity index (χ1v) is 6.64. The van der Waals surface area contributed by atoms with Gasteiger partial charge in [0.25, 0.3) is 0 Å². The first kappa shape index (κ1) is 17.4. The molecule has 18 heavy (non-hydrogen) atoms. The van der Waals surface area contributed by atoms with Crippen LogP contribution in [-0.4, -0.2) is 36.0 Å². The molecule has 0 amide bonds. The van der Waals surface area contributed by atoms with Gasteiger partial charge in [0.1, 0.15) is 6.61 Å². The van der Waals surface area contributed by atoms with Crippen LogP contribution in [0.3, 0.4) is 0 Å². The van der Waals surface area contributed by atoms with Crippen LogP contribution in [0.25, 0.3) is 0 Å². The van der Waals surface area contributed by atoms with Crippen LogP contribution >= 0.6 is 0 Å². The molecule has 0 aromatic carbocycles. The van der Waals surface area contributed by atoms with Crippen molar-refractivity contribution >= 4 is 5.97 Å². The van der Waals surface area contributed by atoms with Crippen LogP contribution in [-0.2, 0) is 9.53 Å². The fourth-order valence-electron chi connectivity index (χ4n) is 2.08. The summed E-state index contributed by atoms with van der Waals surface area (Å²) >= 11 is 0. The summed E-state index contributed by atoms with van der Waals surface area (Å²) in [5, 5.41) is 18.4. The highest BCUT2D eigenvalue weighted by molar-refractivity contribution is 5.77. The van der Waals surface area contributed by atoms with Gasteiger partial charge >= 0.3 is 5.97 Å². The third-order valence-electron chi connectivity index (χ3n) is 3.87. The Labute approximate surface area is 110 Å². The monoisotopic (exact) mass is 260 g/mol. The minimum atomic E-state index is -0.880. The highest BCUT2D eigenvalue weighted by atomic mass is 16.5. The number of hydrogen-bond acceptors (Lipinski definition) is 4. The van der Waals surface area contributed by atoms with Gasteiger partial charge in [-0.1, -0.05) is 41.0 Å². The lowest BCUT2D eigenvalue weighted by Crippen LogP contribution is -2.44. The maximum Gasteiger partial charge on any atom is 0.314 e. The number of esters is 1. The Balaban J connectivity index is 5.10. The maximum atomic E-state index is 12.2. The van der Waals surface area contributed by atoms with Gasteiger partial charge in [0.05, 0.1) is 18.6 Å². The summed E-state index contributed by atoms with van der Waals surface area (Å²) in [5.41, 5.74) is -0.917. The van der Waals surface area contributed by atoms with E-state index in [0.29, 0.717) is 6.42 Å². The molecule has 2 N–H and O–H groups in total. The molecule has 0 aliphatic carbocycles. The number of aliphatic hydroxyl groups is 2. The van der Waals surface area contributed by atoms with Gasteiger partial charge in [0, 0.05) is 0 Å². The van der Waals surface area contributed by atoms with Crippen molar-refractivity contribution in [3.05, 3.63) is 0 Å². The van der Waals surface area contributed by atoms with E-state index >= 15 is 0 Å². The van der Waals surface area contributed by atoms with Crippen molar-refractivity contribution in [3.8, 4) is 0 Å². The van der Waals surface area contributed by atoms with E-state index in [1.807, 2.05) is 13.8 Å². The quantitative estimate of drug-likeness (QED) is 0.655. The van der Waals surface area contributed by atoms with Gasteiger partial charge in [-0.25, -0.2) is 0 Å². The molecule has 0 rings (SSSR count). The smallest absolute Gasteiger partial charge is 0.314 e. The van der Waals surface area contributed by atoms with E-state index in [4.69, 9.17) is 9.84 Å². The molecule has 108 valence electrons. The van der Waals surface area contributed by atoms with Gasteiger partial charge in [-0.15, -0.1) is 0 Å². The highest BCUT2D eigenvalue weighted by Crippen LogP contribution is 2.42. The van der Waals surface area contributed by atoms with E-state index in [2.05, 4.69) is 20.8 Å². The molecule has 4 heteroatoms. The van der Waals surface area contributed by atoms with Crippen LogP contribution in [0.1, 0.15) is 47.5 Å². The van der Waals surface area contributed by atoms with Crippen LogP contribution in [0.5, 0.6) is 0 Å². The number of ether oxygens (including phenoxy) is 1. The molecule has 0 aliphatic heterocycles. The van der Waals surface area contributed by atoms with Crippen molar-refractivity contribution < 1.29 is 19.7 Å². The molecule has 0 bridgehead atoms. The molecule has 0 aliphatic rings. The maximum absolute atomic E-state index is 12.2. The SMILES string of the molecule is CCC(C)(C)CC(CO)(C(=O)OCCO)C(C)C. The topological polar surface area (TPSA) is 66.8 Å². The Morgan fingerprint density at radius 2 is 1.83 bits per heavy atom. The molecule has 0 saturated heterocycles. The summed E-state index contributed by atoms with van der Waals surface area (Å²) in [6.07, 6.45) is 1.50. The lowest BCUT2D eigenvalue weighted by Gasteiger charge is -2.39. The Kier molecular flexibility index (Phi) is 6.86. The Hall–Kier alpha value is -0.610. The highest BCUT2D eigenvalue weighted by Gasteiger charge is 2.45. The van der Waals surface area contributed by atoms with Gasteiger partial charge in [-0.3, -0.25) is 4.79 Å². The zero-order valence-corrected chi connectivity index (χ0v) is 12.3. The molecule has 1 atom stereocenters. The normalized spacial score (nSPS) is 15.6. The fourth-order valence-corrected chi connectivity index (χ4v) is 2.08. The molecule has 0 fully saturated rings. The molecule has 0 saturated carbocycles. The first-order valence-electron chi connectivity index (χ1n) is 6.64. The van der Waals surface area contributed by atoms with Crippen LogP contribution in [0.15, 0.2) is 0 Å². The van der Waals surface area contributed by atoms with Crippen molar-refractivity contribution in [3.63, 3.8) is 0 Å². The average Bonchev–Trinajstić information content (AvgIpc) is 2.32. The Morgan fingerprint density at radius 3 is 2.17 bits per heavy atom. The van der Waals surface area contributed by atoms with Gasteiger partial charge in [0.15, 0.2) is 0 Å². The summed E-state index contributed by atoms with van der Waals surface area (Å²) in [6, 6.07) is 0. The number of aliphatic hydroxyl groups excluding tert-OH is 2. The van der Waals surface area contributed by atoms with Crippen molar-refractivity contribution in [1.29, 1.82) is 0 Å². The lowest BCUT2D eigenvalue weighted by atomic mass is 9.66. The average molecular weight is 260 g/mol. The lowest BCUT2D eigenvalue weighted by molar-refractivity contribution is -0.166. The third kappa shape index (κ3) is 4.25. The predicted molar refractivity (Wildman–Crippen MR) is 71.1 cm³/mol. The van der Waals surface area contributed by atoms with E-state index < -0.39 is 11.4 Å². The van der Waals surface area contributed by atoms with E-state index in [0.717, 1.165) is 6.42 Å². The van der Waals surface area contributed by atoms with E-state index in [1.165, 1.54) is 0 Å². The molecule has 1 unspecified atom stereocenters. The molecule has 0 radical (unpaired) electrons. The van der Waals surface area contributed by atoms with E-state index in [9.17, 15) is 9.90 Å². The summed E-state index contributed by atoms with van der Waals surface area (Å²) < 4.78 is 5.05. The molecule has 4 nitrogen and oxygen atoms in total. The van der Waals surface area contributed by atoms with E-state index in [-0.39, 0.29) is 31.2 Å². The second-order valence-corrected chi connectivity index (χ2v) is 6.02. The predicted octanol–water partition coefficient (Wildman–Crippen LogP) is 1.98. The molecule has 0 aromatic heterocycles. The standard InChI is InChI=1S/C14H28O4/c1-6-13(4,5)9-14(10-16,11(2)3)12(17)18-8-7-15/h11,15-16H,6-10H2,1-5H3. The largest absolute Gasteiger partial charge is 0.463 e. The first-order chi connectivity index (χ1) is 8.25. The van der Waals surface area contributed by atoms with Gasteiger partial charge in [-0.05, 0) is 17.8 Å². The second kappa shape index (κ2) is 7.10. The fraction of sp³-hybridized carbons (Fsp3) is 0.929. The van der Waals surface area contributed by atoms with Gasteiger partial charge < -0.3 is 14.9 Å². The molecule has 0 spiro atoms. The number of rotatable bonds is 8. The summed E-state index contributed by atoms with van der Waals surface area (Å²) in [7, 11) is 0. The van der Waals surface area contributed by atoms with Crippen LogP contribution in [0, 0.1) is 16.7 Å². The minimum absolute atomic E-state index is 0.0140. The molecule has 0 heterocycles. The summed E-state index contributed by atoms with van der Waals surface area (Å²) in [5.74, 6) is -0.421. The molecular weight excluding hydrogens is 232 g/mol. The third-order valence-corrected chi connectivity index (χ3v) is 3.87. The van der Waals surface area contributed by atoms with Crippen molar-refractivity contribution in [1.82, 2.24) is 0 Å². The number of carbonyl (C=O) groups is 1. The van der Waals surface area contributed by atoms with E-state index in [1.54, 1.807) is 0 Å². The Morgan fingerprint density at radius 1 is 1.28 bits per heavy atom. The molecular formula is C14H28O4. The number of hydrogen-bond donors (Lipinski definition) is 2. The minimum Gasteiger partial charge on any atom is -0.463 e. The van der Waals surface area contributed by atoms with Crippen molar-refractivity contribution in [2.24, 2.45) is 16.7 Å². The Bertz CT molecular complexity index is 261. The zero-order chi connectivity index (χ0) is 14.4. The molecule has 0 aromatic rings.